The molecule has 6 heteroatoms. The van der Waals surface area contributed by atoms with Gasteiger partial charge in [-0.05, 0) is 50.6 Å². The summed E-state index contributed by atoms with van der Waals surface area (Å²) < 4.78 is 27.9. The van der Waals surface area contributed by atoms with Crippen LogP contribution < -0.4 is 10.5 Å². The van der Waals surface area contributed by atoms with Crippen LogP contribution in [0.5, 0.6) is 0 Å². The third kappa shape index (κ3) is 3.38. The Bertz CT molecular complexity index is 572. The fraction of sp³-hybridized carbons (Fsp3) is 0.571. The van der Waals surface area contributed by atoms with Crippen LogP contribution in [0.2, 0.25) is 0 Å². The Morgan fingerprint density at radius 3 is 2.85 bits per heavy atom. The zero-order chi connectivity index (χ0) is 14.8. The SMILES string of the molecule is Cc1c(CN)cccc1S(=O)(=O)NC1CCCN(C)C1. The number of nitrogens with one attached hydrogen (secondary N) is 1. The van der Waals surface area contributed by atoms with Gasteiger partial charge in [0.2, 0.25) is 10.0 Å². The van der Waals surface area contributed by atoms with Crippen LogP contribution in [-0.2, 0) is 16.6 Å². The molecule has 1 atom stereocenters. The number of likely N-dealkylation sites (tertiary alicyclic amines) is 1. The van der Waals surface area contributed by atoms with E-state index in [1.807, 2.05) is 20.0 Å². The van der Waals surface area contributed by atoms with Gasteiger partial charge in [-0.1, -0.05) is 12.1 Å². The van der Waals surface area contributed by atoms with Gasteiger partial charge in [0.15, 0.2) is 0 Å². The van der Waals surface area contributed by atoms with Gasteiger partial charge < -0.3 is 10.6 Å². The first kappa shape index (κ1) is 15.4. The van der Waals surface area contributed by atoms with E-state index in [9.17, 15) is 8.42 Å². The van der Waals surface area contributed by atoms with Crippen LogP contribution in [0.4, 0.5) is 0 Å². The van der Waals surface area contributed by atoms with E-state index in [0.29, 0.717) is 11.4 Å². The summed E-state index contributed by atoms with van der Waals surface area (Å²) in [6.07, 6.45) is 1.91. The molecule has 0 radical (unpaired) electrons. The number of piperidine rings is 1. The molecule has 5 nitrogen and oxygen atoms in total. The standard InChI is InChI=1S/C14H23N3O2S/c1-11-12(9-15)5-3-7-14(11)20(18,19)16-13-6-4-8-17(2)10-13/h3,5,7,13,16H,4,6,8-10,15H2,1-2H3. The minimum absolute atomic E-state index is 0.0142. The summed E-state index contributed by atoms with van der Waals surface area (Å²) in [5, 5.41) is 0. The number of likely N-dealkylation sites (N-methyl/N-ethyl adjacent to an activating group) is 1. The number of nitrogens with zero attached hydrogens (tertiary/aromatic N) is 1. The molecule has 1 unspecified atom stereocenters. The summed E-state index contributed by atoms with van der Waals surface area (Å²) in [4.78, 5) is 2.49. The highest BCUT2D eigenvalue weighted by atomic mass is 32.2. The van der Waals surface area contributed by atoms with Crippen LogP contribution in [-0.4, -0.2) is 39.5 Å². The first-order valence-electron chi connectivity index (χ1n) is 6.93. The van der Waals surface area contributed by atoms with Gasteiger partial charge in [0.1, 0.15) is 0 Å². The second kappa shape index (κ2) is 6.22. The lowest BCUT2D eigenvalue weighted by atomic mass is 10.1. The second-order valence-electron chi connectivity index (χ2n) is 5.47. The number of hydrogen-bond donors (Lipinski definition) is 2. The van der Waals surface area contributed by atoms with Gasteiger partial charge in [-0.3, -0.25) is 0 Å². The van der Waals surface area contributed by atoms with Crippen LogP contribution in [0.3, 0.4) is 0 Å². The number of hydrogen-bond acceptors (Lipinski definition) is 4. The van der Waals surface area contributed by atoms with Gasteiger partial charge in [-0.15, -0.1) is 0 Å². The predicted molar refractivity (Wildman–Crippen MR) is 79.9 cm³/mol. The molecule has 20 heavy (non-hydrogen) atoms. The monoisotopic (exact) mass is 297 g/mol. The maximum Gasteiger partial charge on any atom is 0.241 e. The third-order valence-corrected chi connectivity index (χ3v) is 5.52. The van der Waals surface area contributed by atoms with Gasteiger partial charge in [0.05, 0.1) is 4.90 Å². The summed E-state index contributed by atoms with van der Waals surface area (Å²) in [5.74, 6) is 0. The van der Waals surface area contributed by atoms with E-state index in [0.717, 1.165) is 37.1 Å². The molecule has 0 bridgehead atoms. The Morgan fingerprint density at radius 2 is 2.20 bits per heavy atom. The lowest BCUT2D eigenvalue weighted by molar-refractivity contribution is 0.242. The molecule has 0 aliphatic carbocycles. The van der Waals surface area contributed by atoms with Crippen LogP contribution >= 0.6 is 0 Å². The highest BCUT2D eigenvalue weighted by Crippen LogP contribution is 2.20. The van der Waals surface area contributed by atoms with Gasteiger partial charge in [0, 0.05) is 19.1 Å². The quantitative estimate of drug-likeness (QED) is 0.863. The van der Waals surface area contributed by atoms with Crippen LogP contribution in [0.1, 0.15) is 24.0 Å². The van der Waals surface area contributed by atoms with Crippen molar-refractivity contribution in [1.29, 1.82) is 0 Å². The molecule has 1 fully saturated rings. The Kier molecular flexibility index (Phi) is 4.80. The third-order valence-electron chi connectivity index (χ3n) is 3.85. The Hall–Kier alpha value is -0.950. The maximum atomic E-state index is 12.5. The number of sulfonamides is 1. The van der Waals surface area contributed by atoms with E-state index in [-0.39, 0.29) is 6.04 Å². The maximum absolute atomic E-state index is 12.5. The van der Waals surface area contributed by atoms with Crippen LogP contribution in [0.15, 0.2) is 23.1 Å². The average molecular weight is 297 g/mol. The Labute approximate surface area is 121 Å². The minimum atomic E-state index is -3.48. The summed E-state index contributed by atoms with van der Waals surface area (Å²) in [6.45, 7) is 3.94. The smallest absolute Gasteiger partial charge is 0.241 e. The van der Waals surface area contributed by atoms with Gasteiger partial charge in [-0.25, -0.2) is 13.1 Å². The molecule has 1 aliphatic rings. The molecule has 0 saturated carbocycles. The molecule has 0 aromatic heterocycles. The normalized spacial score (nSPS) is 21.1. The van der Waals surface area contributed by atoms with E-state index in [4.69, 9.17) is 5.73 Å². The fourth-order valence-electron chi connectivity index (χ4n) is 2.72. The molecule has 1 aliphatic heterocycles. The molecular weight excluding hydrogens is 274 g/mol. The largest absolute Gasteiger partial charge is 0.326 e. The lowest BCUT2D eigenvalue weighted by Crippen LogP contribution is -2.46. The first-order chi connectivity index (χ1) is 9.44. The van der Waals surface area contributed by atoms with Crippen molar-refractivity contribution in [3.05, 3.63) is 29.3 Å². The first-order valence-corrected chi connectivity index (χ1v) is 8.42. The number of benzene rings is 1. The van der Waals surface area contributed by atoms with E-state index in [1.54, 1.807) is 12.1 Å². The molecule has 1 aromatic carbocycles. The Balaban J connectivity index is 2.22. The summed E-state index contributed by atoms with van der Waals surface area (Å²) in [7, 11) is -1.46. The van der Waals surface area contributed by atoms with Crippen molar-refractivity contribution < 1.29 is 8.42 Å². The van der Waals surface area contributed by atoms with E-state index in [2.05, 4.69) is 9.62 Å². The zero-order valence-electron chi connectivity index (χ0n) is 12.1. The predicted octanol–water partition coefficient (Wildman–Crippen LogP) is 0.826. The van der Waals surface area contributed by atoms with Crippen molar-refractivity contribution in [2.75, 3.05) is 20.1 Å². The lowest BCUT2D eigenvalue weighted by Gasteiger charge is -2.30. The fourth-order valence-corrected chi connectivity index (χ4v) is 4.27. The Morgan fingerprint density at radius 1 is 1.45 bits per heavy atom. The van der Waals surface area contributed by atoms with Crippen molar-refractivity contribution in [1.82, 2.24) is 9.62 Å². The summed E-state index contributed by atoms with van der Waals surface area (Å²) in [6, 6.07) is 5.24. The van der Waals surface area contributed by atoms with E-state index < -0.39 is 10.0 Å². The number of nitrogens with two attached hydrogens (primary N) is 1. The van der Waals surface area contributed by atoms with Crippen molar-refractivity contribution in [3.8, 4) is 0 Å². The molecule has 1 heterocycles. The van der Waals surface area contributed by atoms with Gasteiger partial charge in [0.25, 0.3) is 0 Å². The molecule has 112 valence electrons. The topological polar surface area (TPSA) is 75.4 Å². The van der Waals surface area contributed by atoms with Gasteiger partial charge in [-0.2, -0.15) is 0 Å². The molecule has 0 spiro atoms. The minimum Gasteiger partial charge on any atom is -0.326 e. The molecular formula is C14H23N3O2S. The highest BCUT2D eigenvalue weighted by molar-refractivity contribution is 7.89. The number of rotatable bonds is 4. The summed E-state index contributed by atoms with van der Waals surface area (Å²) >= 11 is 0. The van der Waals surface area contributed by atoms with Gasteiger partial charge >= 0.3 is 0 Å². The summed E-state index contributed by atoms with van der Waals surface area (Å²) in [5.41, 5.74) is 7.25. The molecule has 3 N–H and O–H groups in total. The van der Waals surface area contributed by atoms with Crippen molar-refractivity contribution >= 4 is 10.0 Å². The molecule has 0 amide bonds. The average Bonchev–Trinajstić information content (AvgIpc) is 2.38. The highest BCUT2D eigenvalue weighted by Gasteiger charge is 2.25. The van der Waals surface area contributed by atoms with Crippen molar-refractivity contribution in [2.24, 2.45) is 5.73 Å². The van der Waals surface area contributed by atoms with E-state index >= 15 is 0 Å². The zero-order valence-corrected chi connectivity index (χ0v) is 12.9. The van der Waals surface area contributed by atoms with Crippen LogP contribution in [0, 0.1) is 6.92 Å². The molecule has 2 rings (SSSR count). The van der Waals surface area contributed by atoms with Crippen LogP contribution in [0.25, 0.3) is 0 Å². The molecule has 1 aromatic rings. The molecule has 1 saturated heterocycles. The van der Waals surface area contributed by atoms with E-state index in [1.165, 1.54) is 0 Å². The van der Waals surface area contributed by atoms with Crippen molar-refractivity contribution in [3.63, 3.8) is 0 Å². The second-order valence-corrected chi connectivity index (χ2v) is 7.15. The van der Waals surface area contributed by atoms with Crippen molar-refractivity contribution in [2.45, 2.75) is 37.2 Å².